The molecule has 0 bridgehead atoms. The van der Waals surface area contributed by atoms with Gasteiger partial charge >= 0.3 is 5.97 Å². The number of carbonyl (C=O) groups is 4. The summed E-state index contributed by atoms with van der Waals surface area (Å²) in [6.45, 7) is 0. The van der Waals surface area contributed by atoms with Gasteiger partial charge in [0.15, 0.2) is 0 Å². The number of carboxylic acid groups (broad SMARTS) is 1. The average molecular weight is 321 g/mol. The Morgan fingerprint density at radius 3 is 2.00 bits per heavy atom. The molecule has 0 fully saturated rings. The van der Waals surface area contributed by atoms with Gasteiger partial charge in [-0.15, -0.1) is 12.4 Å². The summed E-state index contributed by atoms with van der Waals surface area (Å²) < 4.78 is 0. The Bertz CT molecular complexity index is 334. The lowest BCUT2D eigenvalue weighted by atomic mass is 10.1. The minimum Gasteiger partial charge on any atom is -0.481 e. The summed E-state index contributed by atoms with van der Waals surface area (Å²) in [7, 11) is 0. The van der Waals surface area contributed by atoms with Crippen LogP contribution in [0.1, 0.15) is 25.7 Å². The topological polar surface area (TPSA) is 101 Å². The lowest BCUT2D eigenvalue weighted by molar-refractivity contribution is -0.137. The Hall–Kier alpha value is -0.850. The third kappa shape index (κ3) is 10.3. The van der Waals surface area contributed by atoms with Crippen LogP contribution in [0.5, 0.6) is 0 Å². The van der Waals surface area contributed by atoms with Gasteiger partial charge in [0, 0.05) is 19.3 Å². The molecule has 0 aliphatic heterocycles. The summed E-state index contributed by atoms with van der Waals surface area (Å²) in [4.78, 5) is 42.8. The van der Waals surface area contributed by atoms with E-state index in [0.29, 0.717) is 0 Å². The molecular weight excluding hydrogens is 308 g/mol. The molecule has 0 aromatic rings. The maximum absolute atomic E-state index is 11.2. The molecule has 0 saturated heterocycles. The quantitative estimate of drug-likeness (QED) is 0.652. The summed E-state index contributed by atoms with van der Waals surface area (Å²) in [6, 6.07) is -1.06. The van der Waals surface area contributed by atoms with E-state index in [1.165, 1.54) is 0 Å². The number of carbonyl (C=O) groups excluding carboxylic acids is 3. The molecule has 1 amide bonds. The molecule has 0 aliphatic rings. The predicted molar refractivity (Wildman–Crippen MR) is 67.0 cm³/mol. The fraction of sp³-hybridized carbons (Fsp3) is 0.556. The van der Waals surface area contributed by atoms with E-state index in [0.717, 1.165) is 0 Å². The molecule has 6 nitrogen and oxygen atoms in total. The van der Waals surface area contributed by atoms with Crippen molar-refractivity contribution >= 4 is 58.0 Å². The van der Waals surface area contributed by atoms with Crippen molar-refractivity contribution < 1.29 is 24.3 Å². The standard InChI is InChI=1S/C9H11Cl2NO5.ClH/c10-6(13)2-3-7(14)12-5(9(11)17)1-4-8(15)16;/h5H,1-4H2,(H,12,14)(H,15,16);1H/t5-;/m0./s1. The van der Waals surface area contributed by atoms with Gasteiger partial charge in [-0.2, -0.15) is 0 Å². The van der Waals surface area contributed by atoms with Gasteiger partial charge in [0.05, 0.1) is 0 Å². The number of nitrogens with one attached hydrogen (secondary N) is 1. The number of halogens is 3. The Kier molecular flexibility index (Phi) is 10.9. The summed E-state index contributed by atoms with van der Waals surface area (Å²) >= 11 is 10.2. The third-order valence-electron chi connectivity index (χ3n) is 1.80. The van der Waals surface area contributed by atoms with Crippen molar-refractivity contribution in [2.75, 3.05) is 0 Å². The Morgan fingerprint density at radius 2 is 1.61 bits per heavy atom. The molecule has 0 saturated carbocycles. The zero-order valence-electron chi connectivity index (χ0n) is 9.15. The molecule has 0 heterocycles. The molecular formula is C9H12Cl3NO5. The van der Waals surface area contributed by atoms with Crippen LogP contribution < -0.4 is 5.32 Å². The summed E-state index contributed by atoms with van der Waals surface area (Å²) in [6.07, 6.45) is -0.721. The van der Waals surface area contributed by atoms with Gasteiger partial charge in [-0.25, -0.2) is 0 Å². The summed E-state index contributed by atoms with van der Waals surface area (Å²) in [5.74, 6) is -1.68. The molecule has 0 aliphatic carbocycles. The van der Waals surface area contributed by atoms with Crippen molar-refractivity contribution in [2.24, 2.45) is 0 Å². The first kappa shape index (κ1) is 19.5. The van der Waals surface area contributed by atoms with E-state index in [-0.39, 0.29) is 38.1 Å². The minimum atomic E-state index is -1.10. The Morgan fingerprint density at radius 1 is 1.06 bits per heavy atom. The number of amides is 1. The zero-order chi connectivity index (χ0) is 13.4. The second kappa shape index (κ2) is 10.1. The molecule has 104 valence electrons. The van der Waals surface area contributed by atoms with E-state index in [9.17, 15) is 19.2 Å². The second-order valence-electron chi connectivity index (χ2n) is 3.21. The van der Waals surface area contributed by atoms with Crippen LogP contribution in [0.2, 0.25) is 0 Å². The molecule has 0 rings (SSSR count). The molecule has 1 atom stereocenters. The first-order chi connectivity index (χ1) is 7.82. The Balaban J connectivity index is 0. The number of hydrogen-bond donors (Lipinski definition) is 2. The van der Waals surface area contributed by atoms with E-state index >= 15 is 0 Å². The van der Waals surface area contributed by atoms with Crippen molar-refractivity contribution in [3.8, 4) is 0 Å². The van der Waals surface area contributed by atoms with Crippen LogP contribution in [0.25, 0.3) is 0 Å². The zero-order valence-corrected chi connectivity index (χ0v) is 11.5. The van der Waals surface area contributed by atoms with Crippen LogP contribution in [0.4, 0.5) is 0 Å². The first-order valence-electron chi connectivity index (χ1n) is 4.71. The van der Waals surface area contributed by atoms with Crippen LogP contribution in [-0.4, -0.2) is 33.5 Å². The number of hydrogen-bond acceptors (Lipinski definition) is 4. The normalized spacial score (nSPS) is 11.0. The van der Waals surface area contributed by atoms with Gasteiger partial charge in [0.2, 0.25) is 16.4 Å². The largest absolute Gasteiger partial charge is 0.481 e. The second-order valence-corrected chi connectivity index (χ2v) is 4.01. The highest BCUT2D eigenvalue weighted by atomic mass is 35.5. The lowest BCUT2D eigenvalue weighted by Gasteiger charge is -2.13. The number of carboxylic acids is 1. The highest BCUT2D eigenvalue weighted by molar-refractivity contribution is 6.65. The molecule has 9 heteroatoms. The van der Waals surface area contributed by atoms with Gasteiger partial charge in [0.25, 0.3) is 0 Å². The maximum atomic E-state index is 11.2. The van der Waals surface area contributed by atoms with Gasteiger partial charge in [-0.3, -0.25) is 19.2 Å². The van der Waals surface area contributed by atoms with Gasteiger partial charge in [0.1, 0.15) is 6.04 Å². The van der Waals surface area contributed by atoms with Crippen molar-refractivity contribution in [3.05, 3.63) is 0 Å². The van der Waals surface area contributed by atoms with Gasteiger partial charge in [-0.05, 0) is 29.6 Å². The van der Waals surface area contributed by atoms with Gasteiger partial charge < -0.3 is 10.4 Å². The molecule has 0 aromatic carbocycles. The number of rotatable bonds is 8. The molecule has 0 spiro atoms. The summed E-state index contributed by atoms with van der Waals surface area (Å²) in [5.41, 5.74) is 0. The average Bonchev–Trinajstić information content (AvgIpc) is 2.20. The molecule has 2 N–H and O–H groups in total. The van der Waals surface area contributed by atoms with E-state index < -0.39 is 28.4 Å². The van der Waals surface area contributed by atoms with E-state index in [2.05, 4.69) is 5.32 Å². The van der Waals surface area contributed by atoms with Crippen LogP contribution in [0.15, 0.2) is 0 Å². The summed E-state index contributed by atoms with van der Waals surface area (Å²) in [5, 5.41) is 9.14. The van der Waals surface area contributed by atoms with E-state index in [4.69, 9.17) is 28.3 Å². The van der Waals surface area contributed by atoms with Crippen molar-refractivity contribution in [2.45, 2.75) is 31.7 Å². The molecule has 0 aromatic heterocycles. The third-order valence-corrected chi connectivity index (χ3v) is 2.26. The molecule has 0 radical (unpaired) electrons. The monoisotopic (exact) mass is 319 g/mol. The number of aliphatic carboxylic acids is 1. The lowest BCUT2D eigenvalue weighted by Crippen LogP contribution is -2.39. The van der Waals surface area contributed by atoms with Gasteiger partial charge in [-0.1, -0.05) is 0 Å². The fourth-order valence-corrected chi connectivity index (χ4v) is 1.25. The van der Waals surface area contributed by atoms with E-state index in [1.807, 2.05) is 0 Å². The smallest absolute Gasteiger partial charge is 0.303 e. The maximum Gasteiger partial charge on any atom is 0.303 e. The fourth-order valence-electron chi connectivity index (χ4n) is 0.989. The Labute approximate surface area is 119 Å². The first-order valence-corrected chi connectivity index (χ1v) is 5.47. The molecule has 18 heavy (non-hydrogen) atoms. The van der Waals surface area contributed by atoms with E-state index in [1.54, 1.807) is 0 Å². The van der Waals surface area contributed by atoms with Crippen LogP contribution in [0, 0.1) is 0 Å². The van der Waals surface area contributed by atoms with Crippen LogP contribution in [0.3, 0.4) is 0 Å². The van der Waals surface area contributed by atoms with Crippen LogP contribution in [-0.2, 0) is 19.2 Å². The van der Waals surface area contributed by atoms with Crippen molar-refractivity contribution in [1.82, 2.24) is 5.32 Å². The van der Waals surface area contributed by atoms with Crippen molar-refractivity contribution in [3.63, 3.8) is 0 Å². The molecule has 0 unspecified atom stereocenters. The van der Waals surface area contributed by atoms with Crippen molar-refractivity contribution in [1.29, 1.82) is 0 Å². The highest BCUT2D eigenvalue weighted by Gasteiger charge is 2.19. The minimum absolute atomic E-state index is 0. The SMILES string of the molecule is Cl.O=C(O)CC[C@H](NC(=O)CCC(=O)Cl)C(=O)Cl. The predicted octanol–water partition coefficient (Wildman–Crippen LogP) is 1.07. The van der Waals surface area contributed by atoms with Crippen LogP contribution >= 0.6 is 35.6 Å². The highest BCUT2D eigenvalue weighted by Crippen LogP contribution is 2.03.